The molecule has 0 bridgehead atoms. The number of aryl methyl sites for hydroxylation is 1. The quantitative estimate of drug-likeness (QED) is 0.829. The molecule has 15 heavy (non-hydrogen) atoms. The van der Waals surface area contributed by atoms with Crippen LogP contribution in [-0.2, 0) is 0 Å². The van der Waals surface area contributed by atoms with Gasteiger partial charge in [0.25, 0.3) is 0 Å². The van der Waals surface area contributed by atoms with E-state index in [2.05, 4.69) is 38.1 Å². The lowest BCUT2D eigenvalue weighted by Crippen LogP contribution is -2.33. The summed E-state index contributed by atoms with van der Waals surface area (Å²) in [5.41, 5.74) is 8.94. The van der Waals surface area contributed by atoms with Gasteiger partial charge in [0, 0.05) is 10.8 Å². The molecule has 2 atom stereocenters. The topological polar surface area (TPSA) is 26.0 Å². The highest BCUT2D eigenvalue weighted by molar-refractivity contribution is 8.00. The number of benzene rings is 1. The first-order chi connectivity index (χ1) is 7.12. The molecule has 1 aromatic rings. The Bertz CT molecular complexity index is 325. The zero-order valence-electron chi connectivity index (χ0n) is 9.49. The minimum atomic E-state index is 0.172. The highest BCUT2D eigenvalue weighted by Gasteiger charge is 2.36. The number of hydrogen-bond acceptors (Lipinski definition) is 2. The summed E-state index contributed by atoms with van der Waals surface area (Å²) < 4.78 is 0.245. The van der Waals surface area contributed by atoms with Crippen LogP contribution < -0.4 is 5.73 Å². The third-order valence-electron chi connectivity index (χ3n) is 3.34. The number of thioether (sulfide) groups is 1. The maximum Gasteiger partial charge on any atom is 0.0441 e. The van der Waals surface area contributed by atoms with E-state index in [9.17, 15) is 0 Å². The van der Waals surface area contributed by atoms with Crippen molar-refractivity contribution in [2.24, 2.45) is 5.73 Å². The van der Waals surface area contributed by atoms with Crippen LogP contribution in [-0.4, -0.2) is 10.5 Å². The predicted octanol–water partition coefficient (Wildman–Crippen LogP) is 3.28. The average molecular weight is 221 g/mol. The highest BCUT2D eigenvalue weighted by atomic mass is 32.2. The van der Waals surface area contributed by atoms with Crippen molar-refractivity contribution in [3.63, 3.8) is 0 Å². The molecule has 1 aliphatic rings. The van der Waals surface area contributed by atoms with Gasteiger partial charge in [0.15, 0.2) is 0 Å². The maximum absolute atomic E-state index is 6.36. The van der Waals surface area contributed by atoms with Crippen LogP contribution >= 0.6 is 11.8 Å². The molecule has 2 unspecified atom stereocenters. The first kappa shape index (κ1) is 11.0. The van der Waals surface area contributed by atoms with Gasteiger partial charge in [-0.2, -0.15) is 11.8 Å². The van der Waals surface area contributed by atoms with Crippen LogP contribution in [0.3, 0.4) is 0 Å². The number of nitrogens with two attached hydrogens (primary N) is 1. The van der Waals surface area contributed by atoms with Gasteiger partial charge < -0.3 is 5.73 Å². The molecule has 82 valence electrons. The molecule has 1 heterocycles. The largest absolute Gasteiger partial charge is 0.323 e. The van der Waals surface area contributed by atoms with Crippen LogP contribution in [0.25, 0.3) is 0 Å². The Morgan fingerprint density at radius 2 is 2.00 bits per heavy atom. The molecule has 0 radical (unpaired) electrons. The Morgan fingerprint density at radius 1 is 1.33 bits per heavy atom. The van der Waals surface area contributed by atoms with Crippen molar-refractivity contribution in [3.8, 4) is 0 Å². The van der Waals surface area contributed by atoms with Gasteiger partial charge in [-0.15, -0.1) is 0 Å². The van der Waals surface area contributed by atoms with Gasteiger partial charge in [0.1, 0.15) is 0 Å². The van der Waals surface area contributed by atoms with Gasteiger partial charge in [-0.05, 0) is 38.0 Å². The van der Waals surface area contributed by atoms with Crippen molar-refractivity contribution < 1.29 is 0 Å². The molecule has 1 fully saturated rings. The molecule has 1 nitrogen and oxygen atoms in total. The van der Waals surface area contributed by atoms with Crippen molar-refractivity contribution in [1.82, 2.24) is 0 Å². The molecule has 0 spiro atoms. The van der Waals surface area contributed by atoms with E-state index in [-0.39, 0.29) is 10.8 Å². The molecule has 1 aromatic carbocycles. The monoisotopic (exact) mass is 221 g/mol. The predicted molar refractivity (Wildman–Crippen MR) is 68.2 cm³/mol. The van der Waals surface area contributed by atoms with Gasteiger partial charge in [0.05, 0.1) is 0 Å². The van der Waals surface area contributed by atoms with E-state index in [1.165, 1.54) is 29.7 Å². The van der Waals surface area contributed by atoms with E-state index in [0.29, 0.717) is 0 Å². The molecule has 1 aliphatic heterocycles. The van der Waals surface area contributed by atoms with Crippen molar-refractivity contribution in [3.05, 3.63) is 35.4 Å². The van der Waals surface area contributed by atoms with Gasteiger partial charge >= 0.3 is 0 Å². The van der Waals surface area contributed by atoms with Crippen molar-refractivity contribution in [2.45, 2.75) is 37.5 Å². The second kappa shape index (κ2) is 4.18. The van der Waals surface area contributed by atoms with Crippen LogP contribution in [0.5, 0.6) is 0 Å². The first-order valence-electron chi connectivity index (χ1n) is 5.58. The zero-order valence-corrected chi connectivity index (χ0v) is 10.3. The molecule has 2 heteroatoms. The fraction of sp³-hybridized carbons (Fsp3) is 0.538. The van der Waals surface area contributed by atoms with Crippen molar-refractivity contribution in [2.75, 3.05) is 5.75 Å². The molecule has 0 amide bonds. The van der Waals surface area contributed by atoms with E-state index in [0.717, 1.165) is 0 Å². The number of hydrogen-bond donors (Lipinski definition) is 1. The second-order valence-corrected chi connectivity index (χ2v) is 6.28. The minimum Gasteiger partial charge on any atom is -0.323 e. The molecule has 1 saturated heterocycles. The smallest absolute Gasteiger partial charge is 0.0441 e. The molecular formula is C13H19NS. The summed E-state index contributed by atoms with van der Waals surface area (Å²) in [6, 6.07) is 8.82. The standard InChI is InChI=1S/C13H19NS/c1-10-4-6-11(7-5-10)12(14)13(2)8-3-9-15-13/h4-7,12H,3,8-9,14H2,1-2H3. The summed E-state index contributed by atoms with van der Waals surface area (Å²) in [7, 11) is 0. The average Bonchev–Trinajstić information content (AvgIpc) is 2.67. The Hall–Kier alpha value is -0.470. The van der Waals surface area contributed by atoms with Gasteiger partial charge in [0.2, 0.25) is 0 Å². The fourth-order valence-corrected chi connectivity index (χ4v) is 3.53. The van der Waals surface area contributed by atoms with Crippen molar-refractivity contribution in [1.29, 1.82) is 0 Å². The number of rotatable bonds is 2. The molecular weight excluding hydrogens is 202 g/mol. The zero-order chi connectivity index (χ0) is 10.9. The fourth-order valence-electron chi connectivity index (χ4n) is 2.17. The van der Waals surface area contributed by atoms with Gasteiger partial charge in [-0.1, -0.05) is 29.8 Å². The third kappa shape index (κ3) is 2.21. The van der Waals surface area contributed by atoms with E-state index < -0.39 is 0 Å². The second-order valence-electron chi connectivity index (χ2n) is 4.65. The van der Waals surface area contributed by atoms with E-state index in [1.54, 1.807) is 0 Å². The van der Waals surface area contributed by atoms with Crippen molar-refractivity contribution >= 4 is 11.8 Å². The lowest BCUT2D eigenvalue weighted by molar-refractivity contribution is 0.502. The molecule has 0 saturated carbocycles. The summed E-state index contributed by atoms with van der Waals surface area (Å²) in [5, 5.41) is 0. The summed E-state index contributed by atoms with van der Waals surface area (Å²) in [6.07, 6.45) is 2.55. The maximum atomic E-state index is 6.36. The molecule has 0 aromatic heterocycles. The van der Waals surface area contributed by atoms with E-state index in [1.807, 2.05) is 11.8 Å². The van der Waals surface area contributed by atoms with Crippen LogP contribution in [0, 0.1) is 6.92 Å². The van der Waals surface area contributed by atoms with E-state index >= 15 is 0 Å². The van der Waals surface area contributed by atoms with E-state index in [4.69, 9.17) is 5.73 Å². The summed E-state index contributed by atoms with van der Waals surface area (Å²) in [6.45, 7) is 4.41. The summed E-state index contributed by atoms with van der Waals surface area (Å²) in [5.74, 6) is 1.26. The first-order valence-corrected chi connectivity index (χ1v) is 6.56. The Labute approximate surface area is 96.4 Å². The molecule has 0 aliphatic carbocycles. The van der Waals surface area contributed by atoms with Gasteiger partial charge in [-0.25, -0.2) is 0 Å². The van der Waals surface area contributed by atoms with Crippen LogP contribution in [0.4, 0.5) is 0 Å². The Kier molecular flexibility index (Phi) is 3.08. The Morgan fingerprint density at radius 3 is 2.53 bits per heavy atom. The van der Waals surface area contributed by atoms with Gasteiger partial charge in [-0.3, -0.25) is 0 Å². The summed E-state index contributed by atoms with van der Waals surface area (Å²) >= 11 is 2.03. The highest BCUT2D eigenvalue weighted by Crippen LogP contribution is 2.45. The van der Waals surface area contributed by atoms with Crippen LogP contribution in [0.2, 0.25) is 0 Å². The molecule has 2 rings (SSSR count). The lowest BCUT2D eigenvalue weighted by atomic mass is 9.91. The van der Waals surface area contributed by atoms with Crippen LogP contribution in [0.15, 0.2) is 24.3 Å². The molecule has 2 N–H and O–H groups in total. The normalized spacial score (nSPS) is 27.9. The lowest BCUT2D eigenvalue weighted by Gasteiger charge is -2.30. The van der Waals surface area contributed by atoms with Crippen LogP contribution in [0.1, 0.15) is 36.9 Å². The SMILES string of the molecule is Cc1ccc(C(N)C2(C)CCCS2)cc1. The Balaban J connectivity index is 2.19. The minimum absolute atomic E-state index is 0.172. The third-order valence-corrected chi connectivity index (χ3v) is 4.95. The summed E-state index contributed by atoms with van der Waals surface area (Å²) in [4.78, 5) is 0.